The van der Waals surface area contributed by atoms with Crippen LogP contribution in [0.5, 0.6) is 0 Å². The maximum Gasteiger partial charge on any atom is 0.328 e. The van der Waals surface area contributed by atoms with Crippen LogP contribution in [-0.4, -0.2) is 47.7 Å². The summed E-state index contributed by atoms with van der Waals surface area (Å²) < 4.78 is 10.5. The summed E-state index contributed by atoms with van der Waals surface area (Å²) in [6, 6.07) is 0.571. The molecule has 0 aliphatic carbocycles. The van der Waals surface area contributed by atoms with Crippen LogP contribution in [0.15, 0.2) is 21.4 Å². The molecule has 7 heteroatoms. The average molecular weight is 304 g/mol. The van der Waals surface area contributed by atoms with Crippen molar-refractivity contribution in [2.24, 2.45) is 0 Å². The van der Waals surface area contributed by atoms with Gasteiger partial charge in [0.25, 0.3) is 5.91 Å². The molecule has 1 saturated heterocycles. The van der Waals surface area contributed by atoms with Crippen LogP contribution in [0.1, 0.15) is 10.4 Å². The number of ether oxygens (including phenoxy) is 1. The van der Waals surface area contributed by atoms with Crippen LogP contribution in [0.25, 0.3) is 0 Å². The lowest BCUT2D eigenvalue weighted by molar-refractivity contribution is -0.147. The number of carbonyl (C=O) groups excluding carboxylic acids is 1. The molecule has 1 aliphatic heterocycles. The number of halogens is 1. The summed E-state index contributed by atoms with van der Waals surface area (Å²) in [6.45, 7) is 0.618. The van der Waals surface area contributed by atoms with Gasteiger partial charge in [0.05, 0.1) is 18.8 Å². The third kappa shape index (κ3) is 2.50. The number of carbonyl (C=O) groups is 2. The SMILES string of the molecule is O=C(O)[C@@H]1COCCN1C(=O)c1coc(Br)c1. The van der Waals surface area contributed by atoms with E-state index < -0.39 is 12.0 Å². The van der Waals surface area contributed by atoms with Gasteiger partial charge in [-0.3, -0.25) is 4.79 Å². The Balaban J connectivity index is 2.19. The zero-order valence-electron chi connectivity index (χ0n) is 8.76. The van der Waals surface area contributed by atoms with Crippen molar-refractivity contribution in [3.05, 3.63) is 22.6 Å². The molecule has 0 radical (unpaired) electrons. The van der Waals surface area contributed by atoms with E-state index in [1.54, 1.807) is 0 Å². The fourth-order valence-electron chi connectivity index (χ4n) is 1.64. The minimum Gasteiger partial charge on any atom is -0.480 e. The number of aliphatic carboxylic acids is 1. The highest BCUT2D eigenvalue weighted by atomic mass is 79.9. The topological polar surface area (TPSA) is 80.0 Å². The largest absolute Gasteiger partial charge is 0.480 e. The van der Waals surface area contributed by atoms with Crippen LogP contribution in [0.4, 0.5) is 0 Å². The van der Waals surface area contributed by atoms with Crippen molar-refractivity contribution in [3.63, 3.8) is 0 Å². The van der Waals surface area contributed by atoms with Gasteiger partial charge in [0.2, 0.25) is 0 Å². The van der Waals surface area contributed by atoms with E-state index in [1.165, 1.54) is 17.2 Å². The molecule has 0 bridgehead atoms. The first-order chi connectivity index (χ1) is 8.09. The van der Waals surface area contributed by atoms with Crippen LogP contribution in [-0.2, 0) is 9.53 Å². The van der Waals surface area contributed by atoms with E-state index in [4.69, 9.17) is 14.3 Å². The monoisotopic (exact) mass is 303 g/mol. The second-order valence-electron chi connectivity index (χ2n) is 3.57. The van der Waals surface area contributed by atoms with Crippen molar-refractivity contribution in [2.75, 3.05) is 19.8 Å². The zero-order valence-corrected chi connectivity index (χ0v) is 10.3. The minimum atomic E-state index is -1.07. The number of furan rings is 1. The Labute approximate surface area is 105 Å². The Morgan fingerprint density at radius 2 is 2.29 bits per heavy atom. The Morgan fingerprint density at radius 3 is 2.88 bits per heavy atom. The molecule has 1 aromatic heterocycles. The zero-order chi connectivity index (χ0) is 12.4. The average Bonchev–Trinajstić information content (AvgIpc) is 2.75. The number of carboxylic acid groups (broad SMARTS) is 1. The first kappa shape index (κ1) is 12.1. The molecule has 17 heavy (non-hydrogen) atoms. The van der Waals surface area contributed by atoms with Crippen molar-refractivity contribution in [2.45, 2.75) is 6.04 Å². The summed E-state index contributed by atoms with van der Waals surface area (Å²) in [5.74, 6) is -1.43. The lowest BCUT2D eigenvalue weighted by Gasteiger charge is -2.32. The molecule has 0 spiro atoms. The number of amides is 1. The van der Waals surface area contributed by atoms with E-state index in [2.05, 4.69) is 15.9 Å². The highest BCUT2D eigenvalue weighted by Crippen LogP contribution is 2.18. The summed E-state index contributed by atoms with van der Waals surface area (Å²) in [5, 5.41) is 9.00. The maximum atomic E-state index is 12.1. The molecule has 1 aromatic rings. The molecular weight excluding hydrogens is 294 g/mol. The van der Waals surface area contributed by atoms with E-state index in [1.807, 2.05) is 0 Å². The predicted molar refractivity (Wildman–Crippen MR) is 59.7 cm³/mol. The van der Waals surface area contributed by atoms with Gasteiger partial charge in [0.15, 0.2) is 10.7 Å². The van der Waals surface area contributed by atoms with Crippen LogP contribution in [0.2, 0.25) is 0 Å². The van der Waals surface area contributed by atoms with E-state index in [-0.39, 0.29) is 19.1 Å². The summed E-state index contributed by atoms with van der Waals surface area (Å²) >= 11 is 3.09. The van der Waals surface area contributed by atoms with Crippen molar-refractivity contribution in [1.82, 2.24) is 4.90 Å². The summed E-state index contributed by atoms with van der Waals surface area (Å²) in [6.07, 6.45) is 1.29. The Kier molecular flexibility index (Phi) is 3.49. The highest BCUT2D eigenvalue weighted by molar-refractivity contribution is 9.10. The number of hydrogen-bond donors (Lipinski definition) is 1. The number of nitrogens with zero attached hydrogens (tertiary/aromatic N) is 1. The molecule has 0 aromatic carbocycles. The molecule has 1 amide bonds. The van der Waals surface area contributed by atoms with Gasteiger partial charge in [0.1, 0.15) is 6.26 Å². The third-order valence-electron chi connectivity index (χ3n) is 2.49. The fraction of sp³-hybridized carbons (Fsp3) is 0.400. The number of carboxylic acids is 1. The van der Waals surface area contributed by atoms with Crippen molar-refractivity contribution >= 4 is 27.8 Å². The van der Waals surface area contributed by atoms with Gasteiger partial charge in [-0.05, 0) is 15.9 Å². The fourth-order valence-corrected chi connectivity index (χ4v) is 1.98. The van der Waals surface area contributed by atoms with Crippen LogP contribution in [0.3, 0.4) is 0 Å². The van der Waals surface area contributed by atoms with Crippen LogP contribution in [0, 0.1) is 0 Å². The number of rotatable bonds is 2. The molecule has 1 aliphatic rings. The molecule has 6 nitrogen and oxygen atoms in total. The summed E-state index contributed by atoms with van der Waals surface area (Å²) in [7, 11) is 0. The predicted octanol–water partition coefficient (Wildman–Crippen LogP) is 0.968. The third-order valence-corrected chi connectivity index (χ3v) is 2.90. The number of hydrogen-bond acceptors (Lipinski definition) is 4. The second-order valence-corrected chi connectivity index (χ2v) is 4.35. The molecular formula is C10H10BrNO5. The van der Waals surface area contributed by atoms with Gasteiger partial charge in [-0.25, -0.2) is 4.79 Å². The standard InChI is InChI=1S/C10H10BrNO5/c11-8-3-6(4-17-8)9(13)12-1-2-16-5-7(12)10(14)15/h3-4,7H,1-2,5H2,(H,14,15)/t7-/m0/s1. The van der Waals surface area contributed by atoms with Gasteiger partial charge in [-0.2, -0.15) is 0 Å². The van der Waals surface area contributed by atoms with Crippen molar-refractivity contribution in [3.8, 4) is 0 Å². The van der Waals surface area contributed by atoms with E-state index in [9.17, 15) is 9.59 Å². The first-order valence-electron chi connectivity index (χ1n) is 4.95. The van der Waals surface area contributed by atoms with Gasteiger partial charge >= 0.3 is 5.97 Å². The van der Waals surface area contributed by atoms with E-state index in [0.717, 1.165) is 0 Å². The molecule has 2 rings (SSSR count). The smallest absolute Gasteiger partial charge is 0.328 e. The molecule has 0 unspecified atom stereocenters. The molecule has 1 fully saturated rings. The van der Waals surface area contributed by atoms with Crippen molar-refractivity contribution < 1.29 is 23.8 Å². The van der Waals surface area contributed by atoms with Gasteiger partial charge in [-0.1, -0.05) is 0 Å². The number of morpholine rings is 1. The Bertz CT molecular complexity index is 444. The van der Waals surface area contributed by atoms with Crippen LogP contribution < -0.4 is 0 Å². The van der Waals surface area contributed by atoms with Gasteiger partial charge in [-0.15, -0.1) is 0 Å². The summed E-state index contributed by atoms with van der Waals surface area (Å²) in [4.78, 5) is 24.3. The Morgan fingerprint density at radius 1 is 1.53 bits per heavy atom. The van der Waals surface area contributed by atoms with Crippen LogP contribution >= 0.6 is 15.9 Å². The quantitative estimate of drug-likeness (QED) is 0.880. The maximum absolute atomic E-state index is 12.1. The molecule has 92 valence electrons. The molecule has 2 heterocycles. The van der Waals surface area contributed by atoms with Gasteiger partial charge < -0.3 is 19.2 Å². The molecule has 1 atom stereocenters. The molecule has 0 saturated carbocycles. The van der Waals surface area contributed by atoms with E-state index in [0.29, 0.717) is 16.8 Å². The van der Waals surface area contributed by atoms with E-state index >= 15 is 0 Å². The Hall–Kier alpha value is -1.34. The lowest BCUT2D eigenvalue weighted by Crippen LogP contribution is -2.52. The first-order valence-corrected chi connectivity index (χ1v) is 5.74. The van der Waals surface area contributed by atoms with Crippen molar-refractivity contribution in [1.29, 1.82) is 0 Å². The molecule has 1 N–H and O–H groups in total. The summed E-state index contributed by atoms with van der Waals surface area (Å²) in [5.41, 5.74) is 0.324. The lowest BCUT2D eigenvalue weighted by atomic mass is 10.2. The second kappa shape index (κ2) is 4.89. The minimum absolute atomic E-state index is 0.0140. The normalized spacial score (nSPS) is 20.3. The highest BCUT2D eigenvalue weighted by Gasteiger charge is 2.33. The van der Waals surface area contributed by atoms with Gasteiger partial charge in [0, 0.05) is 12.6 Å².